The maximum Gasteiger partial charge on any atom is 0.387 e. The quantitative estimate of drug-likeness (QED) is 0.509. The van der Waals surface area contributed by atoms with Gasteiger partial charge in [-0.25, -0.2) is 4.98 Å². The largest absolute Gasteiger partial charge is 0.435 e. The van der Waals surface area contributed by atoms with Crippen molar-refractivity contribution in [3.05, 3.63) is 54.1 Å². The van der Waals surface area contributed by atoms with E-state index in [4.69, 9.17) is 9.72 Å². The van der Waals surface area contributed by atoms with E-state index in [0.29, 0.717) is 13.2 Å². The van der Waals surface area contributed by atoms with Crippen LogP contribution in [0.4, 0.5) is 8.78 Å². The Kier molecular flexibility index (Phi) is 6.11. The molecule has 1 unspecified atom stereocenters. The van der Waals surface area contributed by atoms with Gasteiger partial charge in [0.05, 0.1) is 17.6 Å². The number of rotatable bonds is 8. The van der Waals surface area contributed by atoms with Crippen molar-refractivity contribution in [2.45, 2.75) is 30.5 Å². The van der Waals surface area contributed by atoms with Crippen molar-refractivity contribution >= 4 is 22.8 Å². The molecule has 0 amide bonds. The molecule has 0 aliphatic carbocycles. The standard InChI is InChI=1S/C19H20F2N2O2S/c1-13(14-7-9-15(10-8-14)25-18(20)21)26-19-22-16-5-3-4-6-17(16)23(19)11-12-24-2/h3-10,13,18H,11-12H2,1-2H3. The fourth-order valence-corrected chi connectivity index (χ4v) is 3.77. The molecule has 0 aliphatic heterocycles. The minimum atomic E-state index is -2.81. The first-order valence-corrected chi connectivity index (χ1v) is 9.12. The molecule has 3 rings (SSSR count). The Labute approximate surface area is 155 Å². The van der Waals surface area contributed by atoms with E-state index in [9.17, 15) is 8.78 Å². The number of hydrogen-bond donors (Lipinski definition) is 0. The molecule has 26 heavy (non-hydrogen) atoms. The molecular weight excluding hydrogens is 358 g/mol. The van der Waals surface area contributed by atoms with Crippen LogP contribution in [-0.4, -0.2) is 29.9 Å². The minimum absolute atomic E-state index is 0.105. The molecule has 0 saturated carbocycles. The fraction of sp³-hybridized carbons (Fsp3) is 0.316. The third-order valence-corrected chi connectivity index (χ3v) is 5.14. The van der Waals surface area contributed by atoms with Crippen molar-refractivity contribution in [3.8, 4) is 5.75 Å². The average molecular weight is 378 g/mol. The summed E-state index contributed by atoms with van der Waals surface area (Å²) in [7, 11) is 1.68. The molecular formula is C19H20F2N2O2S. The van der Waals surface area contributed by atoms with Crippen LogP contribution in [0.25, 0.3) is 11.0 Å². The zero-order valence-electron chi connectivity index (χ0n) is 14.6. The Hall–Kier alpha value is -2.12. The number of imidazole rings is 1. The van der Waals surface area contributed by atoms with Crippen LogP contribution >= 0.6 is 11.8 Å². The Morgan fingerprint density at radius 2 is 1.85 bits per heavy atom. The normalized spacial score (nSPS) is 12.7. The molecule has 1 aromatic heterocycles. The van der Waals surface area contributed by atoms with Crippen molar-refractivity contribution in [1.82, 2.24) is 9.55 Å². The van der Waals surface area contributed by atoms with E-state index in [0.717, 1.165) is 21.8 Å². The number of hydrogen-bond acceptors (Lipinski definition) is 4. The third kappa shape index (κ3) is 4.34. The average Bonchev–Trinajstić information content (AvgIpc) is 2.97. The number of methoxy groups -OCH3 is 1. The molecule has 0 aliphatic rings. The van der Waals surface area contributed by atoms with Gasteiger partial charge in [0, 0.05) is 18.9 Å². The molecule has 4 nitrogen and oxygen atoms in total. The van der Waals surface area contributed by atoms with Gasteiger partial charge in [-0.1, -0.05) is 36.0 Å². The fourth-order valence-electron chi connectivity index (χ4n) is 2.69. The number of ether oxygens (including phenoxy) is 2. The van der Waals surface area contributed by atoms with E-state index in [1.165, 1.54) is 0 Å². The first-order chi connectivity index (χ1) is 12.6. The number of aromatic nitrogens is 2. The molecule has 0 N–H and O–H groups in total. The lowest BCUT2D eigenvalue weighted by molar-refractivity contribution is -0.0498. The highest BCUT2D eigenvalue weighted by atomic mass is 32.2. The van der Waals surface area contributed by atoms with E-state index in [-0.39, 0.29) is 11.0 Å². The predicted octanol–water partition coefficient (Wildman–Crippen LogP) is 5.14. The third-order valence-electron chi connectivity index (χ3n) is 4.00. The molecule has 0 fully saturated rings. The summed E-state index contributed by atoms with van der Waals surface area (Å²) in [4.78, 5) is 4.73. The summed E-state index contributed by atoms with van der Waals surface area (Å²) in [6.45, 7) is 0.566. The van der Waals surface area contributed by atoms with E-state index in [1.54, 1.807) is 43.1 Å². The van der Waals surface area contributed by atoms with Crippen molar-refractivity contribution in [2.24, 2.45) is 0 Å². The SMILES string of the molecule is COCCn1c(SC(C)c2ccc(OC(F)F)cc2)nc2ccccc21. The molecule has 138 valence electrons. The second-order valence-corrected chi connectivity index (χ2v) is 7.04. The number of thioether (sulfide) groups is 1. The molecule has 0 bridgehead atoms. The van der Waals surface area contributed by atoms with Crippen molar-refractivity contribution < 1.29 is 18.3 Å². The van der Waals surface area contributed by atoms with Crippen LogP contribution in [0, 0.1) is 0 Å². The highest BCUT2D eigenvalue weighted by Gasteiger charge is 2.16. The number of halogens is 2. The second-order valence-electron chi connectivity index (χ2n) is 5.74. The number of benzene rings is 2. The number of alkyl halides is 2. The van der Waals surface area contributed by atoms with Gasteiger partial charge < -0.3 is 14.0 Å². The van der Waals surface area contributed by atoms with Gasteiger partial charge in [0.25, 0.3) is 0 Å². The van der Waals surface area contributed by atoms with Crippen LogP contribution in [0.15, 0.2) is 53.7 Å². The maximum atomic E-state index is 12.3. The van der Waals surface area contributed by atoms with Crippen molar-refractivity contribution in [2.75, 3.05) is 13.7 Å². The van der Waals surface area contributed by atoms with Gasteiger partial charge in [0.15, 0.2) is 5.16 Å². The summed E-state index contributed by atoms with van der Waals surface area (Å²) >= 11 is 1.63. The summed E-state index contributed by atoms with van der Waals surface area (Å²) in [5.41, 5.74) is 3.03. The first-order valence-electron chi connectivity index (χ1n) is 8.24. The van der Waals surface area contributed by atoms with Crippen LogP contribution in [0.1, 0.15) is 17.7 Å². The van der Waals surface area contributed by atoms with Gasteiger partial charge in [0.1, 0.15) is 5.75 Å². The lowest BCUT2D eigenvalue weighted by Gasteiger charge is -2.14. The summed E-state index contributed by atoms with van der Waals surface area (Å²) in [5.74, 6) is 0.160. The van der Waals surface area contributed by atoms with E-state index < -0.39 is 6.61 Å². The topological polar surface area (TPSA) is 36.3 Å². The number of para-hydroxylation sites is 2. The van der Waals surface area contributed by atoms with Gasteiger partial charge in [-0.15, -0.1) is 0 Å². The molecule has 0 radical (unpaired) electrons. The molecule has 1 atom stereocenters. The monoisotopic (exact) mass is 378 g/mol. The van der Waals surface area contributed by atoms with Gasteiger partial charge >= 0.3 is 6.61 Å². The molecule has 2 aromatic carbocycles. The second kappa shape index (κ2) is 8.51. The predicted molar refractivity (Wildman–Crippen MR) is 99.0 cm³/mol. The lowest BCUT2D eigenvalue weighted by atomic mass is 10.2. The highest BCUT2D eigenvalue weighted by Crippen LogP contribution is 2.36. The van der Waals surface area contributed by atoms with Gasteiger partial charge in [-0.2, -0.15) is 8.78 Å². The highest BCUT2D eigenvalue weighted by molar-refractivity contribution is 7.99. The van der Waals surface area contributed by atoms with Gasteiger partial charge in [0.2, 0.25) is 0 Å². The molecule has 0 saturated heterocycles. The Bertz CT molecular complexity index is 852. The Balaban J connectivity index is 1.81. The zero-order valence-corrected chi connectivity index (χ0v) is 15.4. The van der Waals surface area contributed by atoms with Crippen molar-refractivity contribution in [3.63, 3.8) is 0 Å². The van der Waals surface area contributed by atoms with Crippen molar-refractivity contribution in [1.29, 1.82) is 0 Å². The molecule has 7 heteroatoms. The first kappa shape index (κ1) is 18.7. The van der Waals surface area contributed by atoms with Gasteiger partial charge in [-0.3, -0.25) is 0 Å². The van der Waals surface area contributed by atoms with Crippen LogP contribution in [0.3, 0.4) is 0 Å². The van der Waals surface area contributed by atoms with E-state index in [2.05, 4.69) is 16.2 Å². The summed E-state index contributed by atoms with van der Waals surface area (Å²) in [6.07, 6.45) is 0. The summed E-state index contributed by atoms with van der Waals surface area (Å²) in [5, 5.41) is 1.01. The van der Waals surface area contributed by atoms with Crippen LogP contribution in [0.5, 0.6) is 5.75 Å². The molecule has 3 aromatic rings. The van der Waals surface area contributed by atoms with E-state index >= 15 is 0 Å². The van der Waals surface area contributed by atoms with E-state index in [1.807, 2.05) is 24.3 Å². The van der Waals surface area contributed by atoms with Crippen LogP contribution < -0.4 is 4.74 Å². The van der Waals surface area contributed by atoms with Crippen LogP contribution in [-0.2, 0) is 11.3 Å². The summed E-state index contributed by atoms with van der Waals surface area (Å²) < 4.78 is 36.3. The van der Waals surface area contributed by atoms with Crippen LogP contribution in [0.2, 0.25) is 0 Å². The maximum absolute atomic E-state index is 12.3. The number of fused-ring (bicyclic) bond motifs is 1. The molecule has 0 spiro atoms. The van der Waals surface area contributed by atoms with Gasteiger partial charge in [-0.05, 0) is 36.8 Å². The molecule has 1 heterocycles. The zero-order chi connectivity index (χ0) is 18.5. The smallest absolute Gasteiger partial charge is 0.387 e. The Morgan fingerprint density at radius 3 is 2.54 bits per heavy atom. The Morgan fingerprint density at radius 1 is 1.12 bits per heavy atom. The number of nitrogens with zero attached hydrogens (tertiary/aromatic N) is 2. The minimum Gasteiger partial charge on any atom is -0.435 e. The summed E-state index contributed by atoms with van der Waals surface area (Å²) in [6, 6.07) is 14.7. The lowest BCUT2D eigenvalue weighted by Crippen LogP contribution is -2.06.